The number of hydrogen-bond acceptors (Lipinski definition) is 14. The Morgan fingerprint density at radius 3 is 2.52 bits per heavy atom. The van der Waals surface area contributed by atoms with Crippen LogP contribution in [0.3, 0.4) is 0 Å². The average Bonchev–Trinajstić information content (AvgIpc) is 3.70. The molecule has 7 aliphatic heterocycles. The Balaban J connectivity index is 1.31. The zero-order valence-electron chi connectivity index (χ0n) is 33.7. The van der Waals surface area contributed by atoms with Gasteiger partial charge in [0.25, 0.3) is 0 Å². The number of carbonyl (C=O) groups excluding carboxylic acids is 2. The van der Waals surface area contributed by atoms with Crippen LogP contribution >= 0.6 is 11.8 Å². The van der Waals surface area contributed by atoms with Gasteiger partial charge in [0.2, 0.25) is 6.79 Å². The molecule has 2 fully saturated rings. The van der Waals surface area contributed by atoms with E-state index in [1.165, 1.54) is 6.92 Å². The number of thioether (sulfide) groups is 1. The predicted octanol–water partition coefficient (Wildman–Crippen LogP) is 5.82. The van der Waals surface area contributed by atoms with E-state index in [1.807, 2.05) is 39.8 Å². The summed E-state index contributed by atoms with van der Waals surface area (Å²) in [5.41, 5.74) is 5.33. The number of nitrogens with one attached hydrogen (secondary N) is 1. The Bertz CT molecular complexity index is 2260. The van der Waals surface area contributed by atoms with Crippen molar-refractivity contribution in [1.29, 1.82) is 5.26 Å². The summed E-state index contributed by atoms with van der Waals surface area (Å²) in [4.78, 5) is 30.1. The van der Waals surface area contributed by atoms with Crippen molar-refractivity contribution in [2.24, 2.45) is 0 Å². The van der Waals surface area contributed by atoms with Crippen LogP contribution in [0.15, 0.2) is 18.2 Å². The topological polar surface area (TPSA) is 161 Å². The minimum Gasteiger partial charge on any atom is -0.649 e. The first-order valence-corrected chi connectivity index (χ1v) is 20.9. The van der Waals surface area contributed by atoms with Crippen molar-refractivity contribution in [2.45, 2.75) is 88.5 Å². The third kappa shape index (κ3) is 5.62. The van der Waals surface area contributed by atoms with Crippen molar-refractivity contribution >= 4 is 23.7 Å². The molecule has 4 bridgehead atoms. The van der Waals surface area contributed by atoms with Gasteiger partial charge in [0.1, 0.15) is 12.4 Å². The van der Waals surface area contributed by atoms with Crippen molar-refractivity contribution in [3.05, 3.63) is 68.0 Å². The highest BCUT2D eigenvalue weighted by Crippen LogP contribution is 2.65. The second kappa shape index (κ2) is 14.7. The van der Waals surface area contributed by atoms with Gasteiger partial charge < -0.3 is 43.2 Å². The van der Waals surface area contributed by atoms with Gasteiger partial charge in [-0.3, -0.25) is 15.0 Å². The van der Waals surface area contributed by atoms with Gasteiger partial charge in [0.05, 0.1) is 45.6 Å². The van der Waals surface area contributed by atoms with Crippen LogP contribution in [0, 0.1) is 25.2 Å². The van der Waals surface area contributed by atoms with Crippen molar-refractivity contribution in [3.8, 4) is 46.3 Å². The first-order valence-electron chi connectivity index (χ1n) is 19.8. The molecule has 2 saturated heterocycles. The maximum Gasteiger partial charge on any atom is 0.331 e. The minimum absolute atomic E-state index is 0.0399. The quantitative estimate of drug-likeness (QED) is 0.225. The van der Waals surface area contributed by atoms with Gasteiger partial charge in [-0.1, -0.05) is 12.1 Å². The molecule has 0 aromatic heterocycles. The molecule has 1 N–H and O–H groups in total. The summed E-state index contributed by atoms with van der Waals surface area (Å²) in [6, 6.07) is 5.78. The maximum absolute atomic E-state index is 14.9. The van der Waals surface area contributed by atoms with E-state index in [0.717, 1.165) is 33.4 Å². The fourth-order valence-corrected chi connectivity index (χ4v) is 11.9. The SMILES string of the molecule is CCOc1cc2c(cc1OC)[C@@]1(CS[C@@H]3c4c(OC(C)=O)c(C)c5c(c4[C@H](COC1=O)N1C3[C@@H]3[N-][C@@H](Cc4cc(C)c(OC)c(OCC)c43)[C@@H]1C#N)OCO5)NCC2. The molecular weight excluding hydrogens is 765 g/mol. The predicted molar refractivity (Wildman–Crippen MR) is 213 cm³/mol. The number of rotatable bonds is 7. The molecule has 1 unspecified atom stereocenters. The average molecular weight is 812 g/mol. The zero-order valence-corrected chi connectivity index (χ0v) is 34.5. The van der Waals surface area contributed by atoms with E-state index in [9.17, 15) is 14.9 Å². The van der Waals surface area contributed by atoms with Crippen molar-refractivity contribution in [2.75, 3.05) is 53.1 Å². The molecule has 10 rings (SSSR count). The van der Waals surface area contributed by atoms with E-state index in [4.69, 9.17) is 43.2 Å². The second-order valence-corrected chi connectivity index (χ2v) is 16.5. The van der Waals surface area contributed by atoms with Gasteiger partial charge in [0.15, 0.2) is 40.0 Å². The zero-order chi connectivity index (χ0) is 40.6. The summed E-state index contributed by atoms with van der Waals surface area (Å²) in [5.74, 6) is 2.98. The summed E-state index contributed by atoms with van der Waals surface area (Å²) in [7, 11) is 3.23. The number of carbonyl (C=O) groups is 2. The van der Waals surface area contributed by atoms with E-state index >= 15 is 0 Å². The van der Waals surface area contributed by atoms with E-state index < -0.39 is 52.9 Å². The van der Waals surface area contributed by atoms with Crippen LogP contribution in [0.25, 0.3) is 5.32 Å². The van der Waals surface area contributed by atoms with E-state index in [0.29, 0.717) is 84.0 Å². The van der Waals surface area contributed by atoms with E-state index in [-0.39, 0.29) is 19.2 Å². The molecule has 0 radical (unpaired) electrons. The van der Waals surface area contributed by atoms with Crippen LogP contribution in [0.4, 0.5) is 0 Å². The Morgan fingerprint density at radius 1 is 1.00 bits per heavy atom. The van der Waals surface area contributed by atoms with Gasteiger partial charge in [-0.2, -0.15) is 5.26 Å². The van der Waals surface area contributed by atoms with Crippen LogP contribution in [0.2, 0.25) is 0 Å². The third-order valence-corrected chi connectivity index (χ3v) is 13.9. The number of piperazine rings is 1. The Kier molecular flexibility index (Phi) is 9.82. The highest BCUT2D eigenvalue weighted by Gasteiger charge is 2.57. The molecule has 0 amide bonds. The Hall–Kier alpha value is -4.88. The molecule has 7 atom stereocenters. The smallest absolute Gasteiger partial charge is 0.331 e. The number of aryl methyl sites for hydroxylation is 1. The summed E-state index contributed by atoms with van der Waals surface area (Å²) >= 11 is 1.54. The molecule has 0 saturated carbocycles. The fourth-order valence-electron chi connectivity index (χ4n) is 10.2. The Morgan fingerprint density at radius 2 is 1.79 bits per heavy atom. The lowest BCUT2D eigenvalue weighted by Crippen LogP contribution is -2.64. The van der Waals surface area contributed by atoms with Crippen LogP contribution in [-0.2, 0) is 32.7 Å². The molecule has 14 nitrogen and oxygen atoms in total. The maximum atomic E-state index is 14.9. The first-order chi connectivity index (χ1) is 28.1. The largest absolute Gasteiger partial charge is 0.649 e. The molecule has 7 aliphatic rings. The lowest BCUT2D eigenvalue weighted by atomic mass is 9.72. The molecular formula is C43H47N4O10S-. The molecule has 3 aromatic carbocycles. The minimum atomic E-state index is -1.30. The number of nitriles is 1. The van der Waals surface area contributed by atoms with Gasteiger partial charge in [-0.25, -0.2) is 4.79 Å². The molecule has 15 heteroatoms. The number of fused-ring (bicyclic) bond motifs is 9. The molecule has 306 valence electrons. The van der Waals surface area contributed by atoms with Gasteiger partial charge in [-0.15, -0.1) is 17.8 Å². The van der Waals surface area contributed by atoms with E-state index in [2.05, 4.69) is 22.4 Å². The number of esters is 2. The van der Waals surface area contributed by atoms with Crippen LogP contribution in [-0.4, -0.2) is 88.1 Å². The van der Waals surface area contributed by atoms with Crippen molar-refractivity contribution in [3.63, 3.8) is 0 Å². The first kappa shape index (κ1) is 38.6. The highest BCUT2D eigenvalue weighted by atomic mass is 32.2. The van der Waals surface area contributed by atoms with E-state index in [1.54, 1.807) is 26.0 Å². The summed E-state index contributed by atoms with van der Waals surface area (Å²) in [5, 5.41) is 19.7. The number of methoxy groups -OCH3 is 2. The van der Waals surface area contributed by atoms with Gasteiger partial charge in [-0.05, 0) is 80.5 Å². The molecule has 3 aromatic rings. The van der Waals surface area contributed by atoms with Gasteiger partial charge >= 0.3 is 11.9 Å². The monoisotopic (exact) mass is 811 g/mol. The second-order valence-electron chi connectivity index (χ2n) is 15.4. The van der Waals surface area contributed by atoms with Crippen molar-refractivity contribution in [1.82, 2.24) is 10.2 Å². The summed E-state index contributed by atoms with van der Waals surface area (Å²) < 4.78 is 49.3. The normalized spacial score (nSPS) is 27.6. The number of nitrogens with zero attached hydrogens (tertiary/aromatic N) is 3. The fraction of sp³-hybridized carbons (Fsp3) is 0.512. The molecule has 7 heterocycles. The summed E-state index contributed by atoms with van der Waals surface area (Å²) in [6.45, 7) is 10.3. The standard InChI is InChI=1S/C43H47N4O10S/c1-8-52-30-14-23-10-11-45-43(25(23)15-29(30)50-6)18-58-41-33-32(40-38(55-19-56-40)21(4)37(33)57-22(5)48)28(17-54-42(43)49)47-27(16-44)26-13-24-12-20(3)36(51-7)39(53-9-2)31(24)34(46-26)35(41)47/h12,14-15,26-28,34-35,41,45H,8-11,13,17-19H2,1-7H3/q-1/t26-,27-,28-,34+,35?,41+,43+/m0/s1. The van der Waals surface area contributed by atoms with Crippen LogP contribution in [0.1, 0.15) is 82.6 Å². The molecule has 58 heavy (non-hydrogen) atoms. The molecule has 0 aliphatic carbocycles. The number of hydrogen-bond donors (Lipinski definition) is 1. The third-order valence-electron chi connectivity index (χ3n) is 12.4. The lowest BCUT2D eigenvalue weighted by molar-refractivity contribution is -0.155. The number of ether oxygens (including phenoxy) is 8. The lowest BCUT2D eigenvalue weighted by Gasteiger charge is -2.65. The number of benzene rings is 3. The molecule has 1 spiro atoms. The Labute approximate surface area is 341 Å². The van der Waals surface area contributed by atoms with Crippen LogP contribution in [0.5, 0.6) is 40.2 Å². The van der Waals surface area contributed by atoms with Crippen molar-refractivity contribution < 1.29 is 47.5 Å². The summed E-state index contributed by atoms with van der Waals surface area (Å²) in [6.07, 6.45) is 1.17. The van der Waals surface area contributed by atoms with Gasteiger partial charge in [0, 0.05) is 47.2 Å². The highest BCUT2D eigenvalue weighted by molar-refractivity contribution is 7.99. The van der Waals surface area contributed by atoms with Crippen LogP contribution < -0.4 is 38.5 Å².